The molecule has 0 bridgehead atoms. The second kappa shape index (κ2) is 6.87. The first-order chi connectivity index (χ1) is 11.2. The smallest absolute Gasteiger partial charge is 0.256 e. The Morgan fingerprint density at radius 2 is 1.70 bits per heavy atom. The van der Waals surface area contributed by atoms with Crippen molar-refractivity contribution in [3.63, 3.8) is 0 Å². The Kier molecular flexibility index (Phi) is 4.67. The zero-order valence-corrected chi connectivity index (χ0v) is 13.7. The van der Waals surface area contributed by atoms with E-state index in [2.05, 4.69) is 10.6 Å². The highest BCUT2D eigenvalue weighted by atomic mass is 32.2. The lowest BCUT2D eigenvalue weighted by Crippen LogP contribution is -2.25. The van der Waals surface area contributed by atoms with E-state index in [1.165, 1.54) is 11.8 Å². The minimum absolute atomic E-state index is 0.0573. The summed E-state index contributed by atoms with van der Waals surface area (Å²) in [6, 6.07) is 14.8. The number of amides is 2. The van der Waals surface area contributed by atoms with Gasteiger partial charge in [0.15, 0.2) is 0 Å². The van der Waals surface area contributed by atoms with Gasteiger partial charge in [0.05, 0.1) is 5.56 Å². The van der Waals surface area contributed by atoms with Crippen LogP contribution in [0.3, 0.4) is 0 Å². The summed E-state index contributed by atoms with van der Waals surface area (Å²) in [6.07, 6.45) is 4.07. The molecule has 5 heteroatoms. The molecule has 0 radical (unpaired) electrons. The van der Waals surface area contributed by atoms with Crippen molar-refractivity contribution in [2.75, 3.05) is 11.6 Å². The first-order valence-corrected chi connectivity index (χ1v) is 8.75. The molecule has 0 aliphatic heterocycles. The highest BCUT2D eigenvalue weighted by molar-refractivity contribution is 7.98. The Labute approximate surface area is 139 Å². The molecule has 0 atom stereocenters. The van der Waals surface area contributed by atoms with Gasteiger partial charge in [-0.15, -0.1) is 11.8 Å². The molecule has 2 amide bonds. The number of carbonyl (C=O) groups excluding carboxylic acids is 2. The van der Waals surface area contributed by atoms with E-state index in [1.807, 2.05) is 24.5 Å². The lowest BCUT2D eigenvalue weighted by atomic mass is 10.1. The van der Waals surface area contributed by atoms with Gasteiger partial charge >= 0.3 is 0 Å². The van der Waals surface area contributed by atoms with Gasteiger partial charge in [-0.3, -0.25) is 9.59 Å². The Hall–Kier alpha value is -2.27. The minimum Gasteiger partial charge on any atom is -0.349 e. The molecule has 0 spiro atoms. The first kappa shape index (κ1) is 15.6. The topological polar surface area (TPSA) is 58.2 Å². The van der Waals surface area contributed by atoms with E-state index in [0.717, 1.165) is 17.7 Å². The molecule has 3 rings (SSSR count). The standard InChI is InChI=1S/C18H18N2O2S/c1-23-16-5-3-2-4-15(16)18(22)20-13-8-6-12(7-9-13)17(21)19-14-10-11-14/h2-9,14H,10-11H2,1H3,(H,19,21)(H,20,22). The van der Waals surface area contributed by atoms with Crippen LogP contribution in [0.2, 0.25) is 0 Å². The van der Waals surface area contributed by atoms with Crippen molar-refractivity contribution >= 4 is 29.3 Å². The SMILES string of the molecule is CSc1ccccc1C(=O)Nc1ccc(C(=O)NC2CC2)cc1. The zero-order chi connectivity index (χ0) is 16.2. The average Bonchev–Trinajstić information content (AvgIpc) is 3.39. The van der Waals surface area contributed by atoms with E-state index in [0.29, 0.717) is 22.9 Å². The molecule has 2 aromatic rings. The van der Waals surface area contributed by atoms with E-state index in [9.17, 15) is 9.59 Å². The Bertz CT molecular complexity index is 724. The number of nitrogens with one attached hydrogen (secondary N) is 2. The van der Waals surface area contributed by atoms with E-state index < -0.39 is 0 Å². The molecule has 1 aliphatic carbocycles. The van der Waals surface area contributed by atoms with Crippen molar-refractivity contribution in [2.45, 2.75) is 23.8 Å². The largest absolute Gasteiger partial charge is 0.349 e. The number of hydrogen-bond donors (Lipinski definition) is 2. The van der Waals surface area contributed by atoms with Crippen molar-refractivity contribution in [1.82, 2.24) is 5.32 Å². The third-order valence-electron chi connectivity index (χ3n) is 3.67. The summed E-state index contributed by atoms with van der Waals surface area (Å²) in [7, 11) is 0. The molecule has 0 aromatic heterocycles. The summed E-state index contributed by atoms with van der Waals surface area (Å²) in [6.45, 7) is 0. The van der Waals surface area contributed by atoms with Crippen LogP contribution in [-0.4, -0.2) is 24.1 Å². The monoisotopic (exact) mass is 326 g/mol. The number of rotatable bonds is 5. The van der Waals surface area contributed by atoms with Crippen LogP contribution in [0.1, 0.15) is 33.6 Å². The molecule has 0 saturated heterocycles. The number of benzene rings is 2. The molecule has 1 saturated carbocycles. The van der Waals surface area contributed by atoms with Crippen molar-refractivity contribution in [1.29, 1.82) is 0 Å². The van der Waals surface area contributed by atoms with Gasteiger partial charge in [-0.1, -0.05) is 12.1 Å². The minimum atomic E-state index is -0.148. The third-order valence-corrected chi connectivity index (χ3v) is 4.46. The zero-order valence-electron chi connectivity index (χ0n) is 12.8. The van der Waals surface area contributed by atoms with Crippen LogP contribution < -0.4 is 10.6 Å². The Morgan fingerprint density at radius 3 is 2.35 bits per heavy atom. The summed E-state index contributed by atoms with van der Waals surface area (Å²) in [4.78, 5) is 25.2. The van der Waals surface area contributed by atoms with Crippen molar-refractivity contribution in [3.8, 4) is 0 Å². The Morgan fingerprint density at radius 1 is 1.00 bits per heavy atom. The predicted octanol–water partition coefficient (Wildman–Crippen LogP) is 3.55. The molecule has 2 aromatic carbocycles. The van der Waals surface area contributed by atoms with Crippen LogP contribution >= 0.6 is 11.8 Å². The molecule has 0 unspecified atom stereocenters. The number of hydrogen-bond acceptors (Lipinski definition) is 3. The quantitative estimate of drug-likeness (QED) is 0.826. The molecular formula is C18H18N2O2S. The highest BCUT2D eigenvalue weighted by Crippen LogP contribution is 2.22. The molecule has 23 heavy (non-hydrogen) atoms. The van der Waals surface area contributed by atoms with Crippen LogP contribution in [0.15, 0.2) is 53.4 Å². The first-order valence-electron chi connectivity index (χ1n) is 7.52. The summed E-state index contributed by atoms with van der Waals surface area (Å²) in [5, 5.41) is 5.81. The lowest BCUT2D eigenvalue weighted by molar-refractivity contribution is 0.0950. The van der Waals surface area contributed by atoms with Gasteiger partial charge < -0.3 is 10.6 Å². The molecule has 1 aliphatic rings. The molecule has 0 heterocycles. The second-order valence-corrected chi connectivity index (χ2v) is 6.33. The maximum atomic E-state index is 12.4. The van der Waals surface area contributed by atoms with Gasteiger partial charge in [-0.2, -0.15) is 0 Å². The number of anilines is 1. The van der Waals surface area contributed by atoms with Gasteiger partial charge in [-0.25, -0.2) is 0 Å². The van der Waals surface area contributed by atoms with Gasteiger partial charge in [0, 0.05) is 22.2 Å². The predicted molar refractivity (Wildman–Crippen MR) is 93.1 cm³/mol. The summed E-state index contributed by atoms with van der Waals surface area (Å²) < 4.78 is 0. The fourth-order valence-corrected chi connectivity index (χ4v) is 2.83. The van der Waals surface area contributed by atoms with Gasteiger partial charge in [0.1, 0.15) is 0 Å². The molecular weight excluding hydrogens is 308 g/mol. The normalized spacial score (nSPS) is 13.4. The third kappa shape index (κ3) is 3.93. The van der Waals surface area contributed by atoms with Crippen LogP contribution in [0.4, 0.5) is 5.69 Å². The number of carbonyl (C=O) groups is 2. The second-order valence-electron chi connectivity index (χ2n) is 5.48. The Balaban J connectivity index is 1.67. The summed E-state index contributed by atoms with van der Waals surface area (Å²) in [5.74, 6) is -0.205. The summed E-state index contributed by atoms with van der Waals surface area (Å²) in [5.41, 5.74) is 1.93. The lowest BCUT2D eigenvalue weighted by Gasteiger charge is -2.09. The molecule has 2 N–H and O–H groups in total. The van der Waals surface area contributed by atoms with E-state index in [4.69, 9.17) is 0 Å². The van der Waals surface area contributed by atoms with Crippen molar-refractivity contribution in [3.05, 3.63) is 59.7 Å². The van der Waals surface area contributed by atoms with Gasteiger partial charge in [-0.05, 0) is 55.5 Å². The fraction of sp³-hybridized carbons (Fsp3) is 0.222. The van der Waals surface area contributed by atoms with E-state index in [1.54, 1.807) is 30.3 Å². The fourth-order valence-electron chi connectivity index (χ4n) is 2.23. The molecule has 118 valence electrons. The van der Waals surface area contributed by atoms with Gasteiger partial charge in [0.2, 0.25) is 0 Å². The number of thioether (sulfide) groups is 1. The van der Waals surface area contributed by atoms with E-state index in [-0.39, 0.29) is 11.8 Å². The maximum absolute atomic E-state index is 12.4. The maximum Gasteiger partial charge on any atom is 0.256 e. The van der Waals surface area contributed by atoms with Gasteiger partial charge in [0.25, 0.3) is 11.8 Å². The highest BCUT2D eigenvalue weighted by Gasteiger charge is 2.23. The van der Waals surface area contributed by atoms with Crippen molar-refractivity contribution in [2.24, 2.45) is 0 Å². The molecule has 1 fully saturated rings. The summed E-state index contributed by atoms with van der Waals surface area (Å²) >= 11 is 1.54. The van der Waals surface area contributed by atoms with Crippen LogP contribution in [0, 0.1) is 0 Å². The van der Waals surface area contributed by atoms with Crippen LogP contribution in [0.5, 0.6) is 0 Å². The van der Waals surface area contributed by atoms with E-state index >= 15 is 0 Å². The van der Waals surface area contributed by atoms with Crippen LogP contribution in [0.25, 0.3) is 0 Å². The molecule has 4 nitrogen and oxygen atoms in total. The van der Waals surface area contributed by atoms with Crippen molar-refractivity contribution < 1.29 is 9.59 Å². The average molecular weight is 326 g/mol. The van der Waals surface area contributed by atoms with Crippen LogP contribution in [-0.2, 0) is 0 Å².